The smallest absolute Gasteiger partial charge is 0.337 e. The molecule has 8 heteroatoms. The van der Waals surface area contributed by atoms with Crippen molar-refractivity contribution >= 4 is 16.0 Å². The minimum atomic E-state index is -3.87. The van der Waals surface area contributed by atoms with Crippen molar-refractivity contribution in [2.75, 3.05) is 0 Å². The summed E-state index contributed by atoms with van der Waals surface area (Å²) in [6.07, 6.45) is 4.15. The maximum Gasteiger partial charge on any atom is 0.337 e. The summed E-state index contributed by atoms with van der Waals surface area (Å²) >= 11 is 0. The van der Waals surface area contributed by atoms with E-state index in [1.807, 2.05) is 0 Å². The second-order valence-corrected chi connectivity index (χ2v) is 6.78. The van der Waals surface area contributed by atoms with E-state index < -0.39 is 28.1 Å². The van der Waals surface area contributed by atoms with Gasteiger partial charge in [0.1, 0.15) is 0 Å². The van der Waals surface area contributed by atoms with Crippen molar-refractivity contribution in [2.24, 2.45) is 0 Å². The second-order valence-electron chi connectivity index (χ2n) is 5.12. The molecule has 0 amide bonds. The highest BCUT2D eigenvalue weighted by Crippen LogP contribution is 2.19. The molecule has 2 atom stereocenters. The van der Waals surface area contributed by atoms with Gasteiger partial charge in [0.05, 0.1) is 11.7 Å². The van der Waals surface area contributed by atoms with E-state index in [9.17, 15) is 18.3 Å². The van der Waals surface area contributed by atoms with Crippen molar-refractivity contribution in [3.63, 3.8) is 0 Å². The topological polar surface area (TPSA) is 117 Å². The van der Waals surface area contributed by atoms with Crippen LogP contribution in [-0.4, -0.2) is 41.7 Å². The Hall–Kier alpha value is -1.51. The molecule has 116 valence electrons. The molecule has 2 unspecified atom stereocenters. The quantitative estimate of drug-likeness (QED) is 0.706. The monoisotopic (exact) mass is 314 g/mol. The molecule has 1 aliphatic rings. The molecule has 0 spiro atoms. The molecule has 7 nitrogen and oxygen atoms in total. The number of nitrogens with zero attached hydrogens (tertiary/aromatic N) is 1. The fourth-order valence-electron chi connectivity index (χ4n) is 2.35. The van der Waals surface area contributed by atoms with Crippen LogP contribution in [-0.2, 0) is 10.0 Å². The number of rotatable bonds is 4. The van der Waals surface area contributed by atoms with Crippen LogP contribution in [0.3, 0.4) is 0 Å². The Kier molecular flexibility index (Phi) is 4.92. The largest absolute Gasteiger partial charge is 0.478 e. The van der Waals surface area contributed by atoms with E-state index in [1.165, 1.54) is 6.07 Å². The summed E-state index contributed by atoms with van der Waals surface area (Å²) in [5.41, 5.74) is -0.0801. The van der Waals surface area contributed by atoms with Crippen molar-refractivity contribution in [2.45, 2.75) is 49.3 Å². The molecule has 1 heterocycles. The van der Waals surface area contributed by atoms with Crippen LogP contribution in [0.2, 0.25) is 0 Å². The number of carboxylic acids is 1. The van der Waals surface area contributed by atoms with E-state index in [-0.39, 0.29) is 10.6 Å². The molecule has 1 aliphatic carbocycles. The molecule has 0 bridgehead atoms. The summed E-state index contributed by atoms with van der Waals surface area (Å²) in [5.74, 6) is -1.17. The number of aromatic carboxylic acids is 1. The van der Waals surface area contributed by atoms with Crippen LogP contribution in [0, 0.1) is 0 Å². The predicted octanol–water partition coefficient (Wildman–Crippen LogP) is 0.752. The van der Waals surface area contributed by atoms with Crippen molar-refractivity contribution in [3.8, 4) is 0 Å². The molecule has 3 N–H and O–H groups in total. The van der Waals surface area contributed by atoms with E-state index in [0.717, 1.165) is 31.5 Å². The predicted molar refractivity (Wildman–Crippen MR) is 74.4 cm³/mol. The lowest BCUT2D eigenvalue weighted by molar-refractivity contribution is 0.0696. The Balaban J connectivity index is 2.15. The summed E-state index contributed by atoms with van der Waals surface area (Å²) in [7, 11) is -3.87. The number of hydrogen-bond acceptors (Lipinski definition) is 5. The number of aromatic nitrogens is 1. The summed E-state index contributed by atoms with van der Waals surface area (Å²) in [5, 5.41) is 18.5. The van der Waals surface area contributed by atoms with Crippen molar-refractivity contribution in [3.05, 3.63) is 23.9 Å². The first-order chi connectivity index (χ1) is 9.90. The molecular formula is C13H18N2O5S. The maximum atomic E-state index is 12.2. The number of carbonyl (C=O) groups is 1. The van der Waals surface area contributed by atoms with Crippen LogP contribution < -0.4 is 4.72 Å². The Labute approximate surface area is 123 Å². The third kappa shape index (κ3) is 3.99. The Morgan fingerprint density at radius 2 is 1.95 bits per heavy atom. The van der Waals surface area contributed by atoms with Crippen LogP contribution in [0.5, 0.6) is 0 Å². The summed E-state index contributed by atoms with van der Waals surface area (Å²) < 4.78 is 26.9. The molecule has 0 aliphatic heterocycles. The van der Waals surface area contributed by atoms with Crippen LogP contribution >= 0.6 is 0 Å². The zero-order chi connectivity index (χ0) is 15.5. The van der Waals surface area contributed by atoms with Gasteiger partial charge < -0.3 is 10.2 Å². The van der Waals surface area contributed by atoms with Gasteiger partial charge in [-0.3, -0.25) is 0 Å². The van der Waals surface area contributed by atoms with E-state index >= 15 is 0 Å². The highest BCUT2D eigenvalue weighted by Gasteiger charge is 2.27. The van der Waals surface area contributed by atoms with E-state index in [2.05, 4.69) is 9.71 Å². The van der Waals surface area contributed by atoms with Crippen LogP contribution in [0.1, 0.15) is 42.5 Å². The molecule has 2 rings (SSSR count). The average Bonchev–Trinajstić information content (AvgIpc) is 2.64. The maximum absolute atomic E-state index is 12.2. The Bertz CT molecular complexity index is 599. The summed E-state index contributed by atoms with van der Waals surface area (Å²) in [4.78, 5) is 14.4. The SMILES string of the molecule is O=C(O)c1ccc(S(=O)(=O)NC2CCCCCC2O)nc1. The van der Waals surface area contributed by atoms with Crippen LogP contribution in [0.4, 0.5) is 0 Å². The van der Waals surface area contributed by atoms with E-state index in [1.54, 1.807) is 0 Å². The standard InChI is InChI=1S/C13H18N2O5S/c16-11-5-3-1-2-4-10(11)15-21(19,20)12-7-6-9(8-14-12)13(17)18/h6-8,10-11,15-16H,1-5H2,(H,17,18). The highest BCUT2D eigenvalue weighted by atomic mass is 32.2. The first kappa shape index (κ1) is 15.9. The van der Waals surface area contributed by atoms with Gasteiger partial charge in [0, 0.05) is 12.2 Å². The lowest BCUT2D eigenvalue weighted by Gasteiger charge is -2.21. The molecule has 0 aromatic carbocycles. The minimum absolute atomic E-state index is 0.0801. The molecular weight excluding hydrogens is 296 g/mol. The van der Waals surface area contributed by atoms with Crippen molar-refractivity contribution in [1.82, 2.24) is 9.71 Å². The van der Waals surface area contributed by atoms with Gasteiger partial charge in [-0.05, 0) is 25.0 Å². The molecule has 1 aromatic rings. The van der Waals surface area contributed by atoms with Gasteiger partial charge >= 0.3 is 5.97 Å². The highest BCUT2D eigenvalue weighted by molar-refractivity contribution is 7.89. The third-order valence-electron chi connectivity index (χ3n) is 3.54. The van der Waals surface area contributed by atoms with E-state index in [0.29, 0.717) is 12.8 Å². The number of pyridine rings is 1. The minimum Gasteiger partial charge on any atom is -0.478 e. The van der Waals surface area contributed by atoms with Crippen LogP contribution in [0.25, 0.3) is 0 Å². The average molecular weight is 314 g/mol. The molecule has 0 radical (unpaired) electrons. The number of carboxylic acid groups (broad SMARTS) is 1. The van der Waals surface area contributed by atoms with Gasteiger partial charge in [-0.25, -0.2) is 22.9 Å². The van der Waals surface area contributed by atoms with Gasteiger partial charge in [-0.1, -0.05) is 19.3 Å². The fraction of sp³-hybridized carbons (Fsp3) is 0.538. The van der Waals surface area contributed by atoms with Gasteiger partial charge in [0.2, 0.25) is 0 Å². The number of nitrogens with one attached hydrogen (secondary N) is 1. The van der Waals surface area contributed by atoms with Gasteiger partial charge in [-0.15, -0.1) is 0 Å². The molecule has 21 heavy (non-hydrogen) atoms. The first-order valence-corrected chi connectivity index (χ1v) is 8.28. The first-order valence-electron chi connectivity index (χ1n) is 6.80. The number of aliphatic hydroxyl groups is 1. The van der Waals surface area contributed by atoms with Gasteiger partial charge in [0.15, 0.2) is 5.03 Å². The fourth-order valence-corrected chi connectivity index (χ4v) is 3.58. The lowest BCUT2D eigenvalue weighted by atomic mass is 10.1. The van der Waals surface area contributed by atoms with Crippen molar-refractivity contribution < 1.29 is 23.4 Å². The Morgan fingerprint density at radius 1 is 1.24 bits per heavy atom. The van der Waals surface area contributed by atoms with Gasteiger partial charge in [-0.2, -0.15) is 0 Å². The summed E-state index contributed by atoms with van der Waals surface area (Å²) in [6.45, 7) is 0. The number of hydrogen-bond donors (Lipinski definition) is 3. The lowest BCUT2D eigenvalue weighted by Crippen LogP contribution is -2.42. The van der Waals surface area contributed by atoms with Crippen molar-refractivity contribution in [1.29, 1.82) is 0 Å². The molecule has 1 saturated carbocycles. The normalized spacial score (nSPS) is 23.5. The molecule has 1 fully saturated rings. The summed E-state index contributed by atoms with van der Waals surface area (Å²) in [6, 6.07) is 1.81. The zero-order valence-corrected chi connectivity index (χ0v) is 12.2. The zero-order valence-electron chi connectivity index (χ0n) is 11.4. The third-order valence-corrected chi connectivity index (χ3v) is 4.95. The second kappa shape index (κ2) is 6.50. The molecule has 1 aromatic heterocycles. The van der Waals surface area contributed by atoms with Crippen LogP contribution in [0.15, 0.2) is 23.4 Å². The Morgan fingerprint density at radius 3 is 2.57 bits per heavy atom. The number of sulfonamides is 1. The number of aliphatic hydroxyl groups excluding tert-OH is 1. The molecule has 0 saturated heterocycles. The van der Waals surface area contributed by atoms with Gasteiger partial charge in [0.25, 0.3) is 10.0 Å². The van der Waals surface area contributed by atoms with E-state index in [4.69, 9.17) is 5.11 Å².